The third-order valence-corrected chi connectivity index (χ3v) is 3.33. The molecular weight excluding hydrogens is 258 g/mol. The monoisotopic (exact) mass is 265 g/mol. The van der Waals surface area contributed by atoms with Crippen molar-refractivity contribution in [3.8, 4) is 0 Å². The highest BCUT2D eigenvalue weighted by Gasteiger charge is 2.31. The van der Waals surface area contributed by atoms with Crippen LogP contribution in [0, 0.1) is 0 Å². The molecule has 1 fully saturated rings. The van der Waals surface area contributed by atoms with Gasteiger partial charge in [0.1, 0.15) is 5.78 Å². The number of Topliss-reactive ketones (excluding diaryl/α,β-unsaturated/α-hetero) is 1. The summed E-state index contributed by atoms with van der Waals surface area (Å²) in [5.41, 5.74) is 1.97. The highest BCUT2D eigenvalue weighted by Crippen LogP contribution is 2.36. The number of hydrogen-bond donors (Lipinski definition) is 0. The second-order valence-electron chi connectivity index (χ2n) is 3.74. The number of fused-ring (bicyclic) bond motifs is 1. The second-order valence-corrected chi connectivity index (χ2v) is 4.45. The maximum Gasteiger partial charge on any atom is 0.182 e. The van der Waals surface area contributed by atoms with Crippen LogP contribution in [0.1, 0.15) is 24.5 Å². The van der Waals surface area contributed by atoms with Gasteiger partial charge in [-0.25, -0.2) is 4.98 Å². The Balaban J connectivity index is 2.15. The molecular formula is C10H8BrN3O. The van der Waals surface area contributed by atoms with E-state index in [1.54, 1.807) is 12.4 Å². The van der Waals surface area contributed by atoms with Crippen LogP contribution in [0.25, 0.3) is 5.52 Å². The molecule has 1 aliphatic rings. The molecule has 1 saturated carbocycles. The van der Waals surface area contributed by atoms with Gasteiger partial charge in [0.25, 0.3) is 0 Å². The third-order valence-electron chi connectivity index (χ3n) is 2.77. The van der Waals surface area contributed by atoms with Gasteiger partial charge < -0.3 is 0 Å². The highest BCUT2D eigenvalue weighted by atomic mass is 79.9. The van der Waals surface area contributed by atoms with Crippen molar-refractivity contribution < 1.29 is 4.79 Å². The molecule has 0 bridgehead atoms. The van der Waals surface area contributed by atoms with Gasteiger partial charge in [0, 0.05) is 31.2 Å². The molecule has 0 unspecified atom stereocenters. The topological polar surface area (TPSA) is 47.3 Å². The number of rotatable bonds is 1. The molecule has 2 heterocycles. The van der Waals surface area contributed by atoms with Crippen LogP contribution in [-0.2, 0) is 4.79 Å². The smallest absolute Gasteiger partial charge is 0.182 e. The van der Waals surface area contributed by atoms with Crippen LogP contribution < -0.4 is 0 Å². The van der Waals surface area contributed by atoms with Crippen molar-refractivity contribution in [1.29, 1.82) is 0 Å². The van der Waals surface area contributed by atoms with Crippen molar-refractivity contribution in [2.45, 2.75) is 18.8 Å². The zero-order chi connectivity index (χ0) is 10.4. The molecule has 76 valence electrons. The van der Waals surface area contributed by atoms with E-state index in [0.29, 0.717) is 18.6 Å². The molecule has 2 aromatic heterocycles. The van der Waals surface area contributed by atoms with Gasteiger partial charge in [0.05, 0.1) is 17.4 Å². The minimum atomic E-state index is 0.281. The summed E-state index contributed by atoms with van der Waals surface area (Å²) in [7, 11) is 0. The first-order chi connectivity index (χ1) is 7.25. The Labute approximate surface area is 94.5 Å². The largest absolute Gasteiger partial charge is 0.300 e. The fraction of sp³-hybridized carbons (Fsp3) is 0.300. The van der Waals surface area contributed by atoms with Gasteiger partial charge in [0.15, 0.2) is 4.73 Å². The molecule has 4 nitrogen and oxygen atoms in total. The number of imidazole rings is 1. The number of carbonyl (C=O) groups excluding carboxylic acids is 1. The lowest BCUT2D eigenvalue weighted by molar-refractivity contribution is -0.124. The third kappa shape index (κ3) is 1.30. The molecule has 0 atom stereocenters. The Kier molecular flexibility index (Phi) is 1.88. The summed E-state index contributed by atoms with van der Waals surface area (Å²) in [4.78, 5) is 19.5. The van der Waals surface area contributed by atoms with Crippen molar-refractivity contribution >= 4 is 27.2 Å². The van der Waals surface area contributed by atoms with Crippen molar-refractivity contribution in [2.75, 3.05) is 0 Å². The predicted molar refractivity (Wildman–Crippen MR) is 57.7 cm³/mol. The molecule has 0 amide bonds. The maximum atomic E-state index is 11.0. The quantitative estimate of drug-likeness (QED) is 0.792. The fourth-order valence-electron chi connectivity index (χ4n) is 1.91. The van der Waals surface area contributed by atoms with Crippen molar-refractivity contribution in [3.63, 3.8) is 0 Å². The minimum Gasteiger partial charge on any atom is -0.300 e. The molecule has 0 radical (unpaired) electrons. The predicted octanol–water partition coefficient (Wildman–Crippen LogP) is 1.94. The van der Waals surface area contributed by atoms with Crippen molar-refractivity contribution in [3.05, 3.63) is 29.0 Å². The van der Waals surface area contributed by atoms with E-state index in [-0.39, 0.29) is 5.92 Å². The maximum absolute atomic E-state index is 11.0. The van der Waals surface area contributed by atoms with Crippen LogP contribution in [0.5, 0.6) is 0 Å². The van der Waals surface area contributed by atoms with Gasteiger partial charge in [-0.15, -0.1) is 0 Å². The zero-order valence-electron chi connectivity index (χ0n) is 7.85. The van der Waals surface area contributed by atoms with Crippen LogP contribution >= 0.6 is 15.9 Å². The summed E-state index contributed by atoms with van der Waals surface area (Å²) in [6, 6.07) is 0. The Morgan fingerprint density at radius 1 is 1.47 bits per heavy atom. The van der Waals surface area contributed by atoms with Crippen molar-refractivity contribution in [2.24, 2.45) is 0 Å². The summed E-state index contributed by atoms with van der Waals surface area (Å²) in [6.07, 6.45) is 6.60. The van der Waals surface area contributed by atoms with Crippen LogP contribution in [0.15, 0.2) is 23.3 Å². The molecule has 0 N–H and O–H groups in total. The number of aromatic nitrogens is 3. The molecule has 0 saturated heterocycles. The molecule has 3 rings (SSSR count). The number of carbonyl (C=O) groups is 1. The number of hydrogen-bond acceptors (Lipinski definition) is 3. The normalized spacial score (nSPS) is 17.0. The first kappa shape index (κ1) is 9.03. The van der Waals surface area contributed by atoms with E-state index in [2.05, 4.69) is 25.9 Å². The van der Waals surface area contributed by atoms with E-state index < -0.39 is 0 Å². The number of halogens is 1. The van der Waals surface area contributed by atoms with Crippen LogP contribution in [0.2, 0.25) is 0 Å². The molecule has 5 heteroatoms. The van der Waals surface area contributed by atoms with Gasteiger partial charge in [0.2, 0.25) is 0 Å². The van der Waals surface area contributed by atoms with Crippen LogP contribution in [0.3, 0.4) is 0 Å². The first-order valence-electron chi connectivity index (χ1n) is 4.75. The summed E-state index contributed by atoms with van der Waals surface area (Å²) in [6.45, 7) is 0. The lowest BCUT2D eigenvalue weighted by Gasteiger charge is -2.22. The number of ketones is 1. The number of nitrogens with zero attached hydrogens (tertiary/aromatic N) is 3. The second kappa shape index (κ2) is 3.13. The van der Waals surface area contributed by atoms with Gasteiger partial charge in [-0.3, -0.25) is 14.2 Å². The molecule has 0 spiro atoms. The van der Waals surface area contributed by atoms with Gasteiger partial charge in [-0.2, -0.15) is 0 Å². The van der Waals surface area contributed by atoms with Gasteiger partial charge in [-0.05, 0) is 15.9 Å². The average molecular weight is 266 g/mol. The van der Waals surface area contributed by atoms with Crippen LogP contribution in [0.4, 0.5) is 0 Å². The van der Waals surface area contributed by atoms with Gasteiger partial charge >= 0.3 is 0 Å². The lowest BCUT2D eigenvalue weighted by Crippen LogP contribution is -2.21. The standard InChI is InChI=1S/C10H8BrN3O/c11-10-13-9(6-3-7(15)4-6)8-5-12-1-2-14(8)10/h1-2,5-6H,3-4H2. The Bertz CT molecular complexity index is 541. The van der Waals surface area contributed by atoms with E-state index in [1.165, 1.54) is 0 Å². The molecule has 2 aromatic rings. The fourth-order valence-corrected chi connectivity index (χ4v) is 2.41. The Hall–Kier alpha value is -1.23. The van der Waals surface area contributed by atoms with E-state index >= 15 is 0 Å². The van der Waals surface area contributed by atoms with Crippen LogP contribution in [-0.4, -0.2) is 20.2 Å². The Morgan fingerprint density at radius 2 is 2.27 bits per heavy atom. The SMILES string of the molecule is O=C1CC(c2nc(Br)n3ccncc23)C1. The van der Waals surface area contributed by atoms with E-state index in [1.807, 2.05) is 10.6 Å². The van der Waals surface area contributed by atoms with Gasteiger partial charge in [-0.1, -0.05) is 0 Å². The first-order valence-corrected chi connectivity index (χ1v) is 5.54. The lowest BCUT2D eigenvalue weighted by atomic mass is 9.81. The summed E-state index contributed by atoms with van der Waals surface area (Å²) in [5, 5.41) is 0. The summed E-state index contributed by atoms with van der Waals surface area (Å²) < 4.78 is 2.71. The molecule has 0 aromatic carbocycles. The highest BCUT2D eigenvalue weighted by molar-refractivity contribution is 9.10. The van der Waals surface area contributed by atoms with E-state index in [9.17, 15) is 4.79 Å². The average Bonchev–Trinajstić information content (AvgIpc) is 2.52. The van der Waals surface area contributed by atoms with E-state index in [4.69, 9.17) is 0 Å². The van der Waals surface area contributed by atoms with Crippen molar-refractivity contribution in [1.82, 2.24) is 14.4 Å². The minimum absolute atomic E-state index is 0.281. The summed E-state index contributed by atoms with van der Waals surface area (Å²) in [5.74, 6) is 0.601. The molecule has 15 heavy (non-hydrogen) atoms. The Morgan fingerprint density at radius 3 is 3.00 bits per heavy atom. The van der Waals surface area contributed by atoms with E-state index in [0.717, 1.165) is 15.9 Å². The zero-order valence-corrected chi connectivity index (χ0v) is 9.44. The molecule has 1 aliphatic carbocycles. The summed E-state index contributed by atoms with van der Waals surface area (Å²) >= 11 is 3.39. The molecule has 0 aliphatic heterocycles.